The third-order valence-corrected chi connectivity index (χ3v) is 3.89. The van der Waals surface area contributed by atoms with E-state index in [0.29, 0.717) is 6.54 Å². The van der Waals surface area contributed by atoms with Gasteiger partial charge in [-0.2, -0.15) is 13.2 Å². The Morgan fingerprint density at radius 1 is 1.10 bits per heavy atom. The molecule has 1 aromatic rings. The van der Waals surface area contributed by atoms with Gasteiger partial charge < -0.3 is 10.6 Å². The minimum Gasteiger partial charge on any atom is -0.329 e. The lowest BCUT2D eigenvalue weighted by molar-refractivity contribution is -0.0328. The molecule has 7 heteroatoms. The maximum absolute atomic E-state index is 12.3. The molecular formula is C14H22F3N3S. The van der Waals surface area contributed by atoms with Crippen molar-refractivity contribution in [1.82, 2.24) is 9.80 Å². The second-order valence-corrected chi connectivity index (χ2v) is 6.29. The summed E-state index contributed by atoms with van der Waals surface area (Å²) in [4.78, 5) is 4.39. The smallest absolute Gasteiger partial charge is 0.329 e. The Morgan fingerprint density at radius 2 is 1.67 bits per heavy atom. The monoisotopic (exact) mass is 321 g/mol. The van der Waals surface area contributed by atoms with Gasteiger partial charge in [0, 0.05) is 30.6 Å². The van der Waals surface area contributed by atoms with Crippen LogP contribution in [0.4, 0.5) is 13.2 Å². The SMILES string of the molecule is CN(C)CCN(C)C(CN)c1ccc(SC(F)(F)F)cc1. The quantitative estimate of drug-likeness (QED) is 0.783. The van der Waals surface area contributed by atoms with E-state index in [1.165, 1.54) is 12.1 Å². The molecule has 3 nitrogen and oxygen atoms in total. The molecule has 21 heavy (non-hydrogen) atoms. The standard InChI is InChI=1S/C14H22F3N3S/c1-19(2)8-9-20(3)13(10-18)11-4-6-12(7-5-11)21-14(15,16)17/h4-7,13H,8-10,18H2,1-3H3. The zero-order chi connectivity index (χ0) is 16.0. The summed E-state index contributed by atoms with van der Waals surface area (Å²) in [5.74, 6) is 0. The van der Waals surface area contributed by atoms with Gasteiger partial charge in [0.25, 0.3) is 0 Å². The van der Waals surface area contributed by atoms with Crippen LogP contribution in [0, 0.1) is 0 Å². The first-order valence-corrected chi connectivity index (χ1v) is 7.45. The van der Waals surface area contributed by atoms with Crippen LogP contribution >= 0.6 is 11.8 Å². The van der Waals surface area contributed by atoms with Crippen molar-refractivity contribution in [2.75, 3.05) is 40.8 Å². The first-order valence-electron chi connectivity index (χ1n) is 6.63. The van der Waals surface area contributed by atoms with Gasteiger partial charge in [0.2, 0.25) is 0 Å². The molecule has 1 unspecified atom stereocenters. The Bertz CT molecular complexity index is 420. The molecule has 0 aromatic heterocycles. The van der Waals surface area contributed by atoms with Crippen LogP contribution in [-0.2, 0) is 0 Å². The summed E-state index contributed by atoms with van der Waals surface area (Å²) in [5, 5.41) is 0. The van der Waals surface area contributed by atoms with Crippen LogP contribution in [-0.4, -0.2) is 56.1 Å². The van der Waals surface area contributed by atoms with Gasteiger partial charge in [0.15, 0.2) is 0 Å². The summed E-state index contributed by atoms with van der Waals surface area (Å²) in [5.41, 5.74) is 2.49. The Hall–Kier alpha value is -0.760. The van der Waals surface area contributed by atoms with Gasteiger partial charge in [-0.25, -0.2) is 0 Å². The Labute approximate surface area is 128 Å². The number of benzene rings is 1. The number of hydrogen-bond donors (Lipinski definition) is 1. The third kappa shape index (κ3) is 6.69. The number of hydrogen-bond acceptors (Lipinski definition) is 4. The van der Waals surface area contributed by atoms with E-state index < -0.39 is 5.51 Å². The number of nitrogens with zero attached hydrogens (tertiary/aromatic N) is 2. The highest BCUT2D eigenvalue weighted by Gasteiger charge is 2.29. The zero-order valence-electron chi connectivity index (χ0n) is 12.5. The first kappa shape index (κ1) is 18.3. The van der Waals surface area contributed by atoms with Crippen molar-refractivity contribution in [1.29, 1.82) is 0 Å². The largest absolute Gasteiger partial charge is 0.446 e. The molecule has 0 heterocycles. The average molecular weight is 321 g/mol. The number of rotatable bonds is 7. The van der Waals surface area contributed by atoms with Crippen LogP contribution in [0.25, 0.3) is 0 Å². The van der Waals surface area contributed by atoms with Gasteiger partial charge in [0.05, 0.1) is 0 Å². The fourth-order valence-corrected chi connectivity index (χ4v) is 2.52. The van der Waals surface area contributed by atoms with Crippen LogP contribution < -0.4 is 5.73 Å². The van der Waals surface area contributed by atoms with Crippen molar-refractivity contribution >= 4 is 11.8 Å². The molecule has 0 aliphatic rings. The van der Waals surface area contributed by atoms with Gasteiger partial charge >= 0.3 is 5.51 Å². The molecule has 0 saturated carbocycles. The van der Waals surface area contributed by atoms with E-state index in [-0.39, 0.29) is 22.7 Å². The van der Waals surface area contributed by atoms with Crippen molar-refractivity contribution < 1.29 is 13.2 Å². The molecule has 0 aliphatic heterocycles. The summed E-state index contributed by atoms with van der Waals surface area (Å²) in [6.07, 6.45) is 0. The topological polar surface area (TPSA) is 32.5 Å². The predicted octanol–water partition coefficient (Wildman–Crippen LogP) is 2.79. The van der Waals surface area contributed by atoms with E-state index in [4.69, 9.17) is 5.73 Å². The molecule has 0 aliphatic carbocycles. The summed E-state index contributed by atoms with van der Waals surface area (Å²) in [7, 11) is 5.96. The molecule has 1 atom stereocenters. The maximum Gasteiger partial charge on any atom is 0.446 e. The molecule has 0 saturated heterocycles. The third-order valence-electron chi connectivity index (χ3n) is 3.15. The molecule has 1 aromatic carbocycles. The average Bonchev–Trinajstić information content (AvgIpc) is 2.37. The number of thioether (sulfide) groups is 1. The predicted molar refractivity (Wildman–Crippen MR) is 81.3 cm³/mol. The molecule has 120 valence electrons. The van der Waals surface area contributed by atoms with E-state index >= 15 is 0 Å². The van der Waals surface area contributed by atoms with Crippen molar-refractivity contribution in [3.8, 4) is 0 Å². The van der Waals surface area contributed by atoms with E-state index in [0.717, 1.165) is 18.7 Å². The van der Waals surface area contributed by atoms with Crippen LogP contribution in [0.2, 0.25) is 0 Å². The Balaban J connectivity index is 2.73. The molecule has 1 rings (SSSR count). The second kappa shape index (κ2) is 8.03. The van der Waals surface area contributed by atoms with Crippen LogP contribution in [0.5, 0.6) is 0 Å². The number of nitrogens with two attached hydrogens (primary N) is 1. The van der Waals surface area contributed by atoms with E-state index in [1.807, 2.05) is 21.1 Å². The number of likely N-dealkylation sites (N-methyl/N-ethyl adjacent to an activating group) is 2. The van der Waals surface area contributed by atoms with Crippen molar-refractivity contribution in [2.45, 2.75) is 16.4 Å². The van der Waals surface area contributed by atoms with Gasteiger partial charge in [0.1, 0.15) is 0 Å². The summed E-state index contributed by atoms with van der Waals surface area (Å²) >= 11 is -0.100. The lowest BCUT2D eigenvalue weighted by atomic mass is 10.1. The van der Waals surface area contributed by atoms with E-state index in [1.54, 1.807) is 12.1 Å². The Kier molecular flexibility index (Phi) is 6.99. The van der Waals surface area contributed by atoms with E-state index in [9.17, 15) is 13.2 Å². The van der Waals surface area contributed by atoms with Gasteiger partial charge in [-0.3, -0.25) is 4.90 Å². The molecule has 0 amide bonds. The first-order chi connectivity index (χ1) is 9.73. The fraction of sp³-hybridized carbons (Fsp3) is 0.571. The van der Waals surface area contributed by atoms with Gasteiger partial charge in [-0.15, -0.1) is 0 Å². The lowest BCUT2D eigenvalue weighted by Crippen LogP contribution is -2.35. The minimum atomic E-state index is -4.25. The number of alkyl halides is 3. The Morgan fingerprint density at radius 3 is 2.10 bits per heavy atom. The molecule has 0 spiro atoms. The fourth-order valence-electron chi connectivity index (χ4n) is 1.98. The molecule has 0 bridgehead atoms. The molecular weight excluding hydrogens is 299 g/mol. The van der Waals surface area contributed by atoms with Crippen molar-refractivity contribution in [3.05, 3.63) is 29.8 Å². The van der Waals surface area contributed by atoms with Crippen LogP contribution in [0.3, 0.4) is 0 Å². The highest BCUT2D eigenvalue weighted by atomic mass is 32.2. The highest BCUT2D eigenvalue weighted by molar-refractivity contribution is 8.00. The lowest BCUT2D eigenvalue weighted by Gasteiger charge is -2.28. The minimum absolute atomic E-state index is 0.00915. The van der Waals surface area contributed by atoms with Crippen molar-refractivity contribution in [3.63, 3.8) is 0 Å². The van der Waals surface area contributed by atoms with Crippen molar-refractivity contribution in [2.24, 2.45) is 5.73 Å². The molecule has 0 fully saturated rings. The summed E-state index contributed by atoms with van der Waals surface area (Å²) in [6, 6.07) is 6.44. The van der Waals surface area contributed by atoms with Crippen LogP contribution in [0.1, 0.15) is 11.6 Å². The molecule has 0 radical (unpaired) electrons. The van der Waals surface area contributed by atoms with Crippen LogP contribution in [0.15, 0.2) is 29.2 Å². The zero-order valence-corrected chi connectivity index (χ0v) is 13.3. The summed E-state index contributed by atoms with van der Waals surface area (Å²) < 4.78 is 36.9. The second-order valence-electron chi connectivity index (χ2n) is 5.15. The highest BCUT2D eigenvalue weighted by Crippen LogP contribution is 2.37. The number of halogens is 3. The van der Waals surface area contributed by atoms with Gasteiger partial charge in [-0.1, -0.05) is 12.1 Å². The van der Waals surface area contributed by atoms with Gasteiger partial charge in [-0.05, 0) is 50.6 Å². The maximum atomic E-state index is 12.3. The normalized spacial score (nSPS) is 14.0. The molecule has 2 N–H and O–H groups in total. The summed E-state index contributed by atoms with van der Waals surface area (Å²) in [6.45, 7) is 2.17. The van der Waals surface area contributed by atoms with E-state index in [2.05, 4.69) is 9.80 Å².